The second kappa shape index (κ2) is 3.06. The Bertz CT molecular complexity index is 403. The van der Waals surface area contributed by atoms with E-state index in [1.807, 2.05) is 0 Å². The quantitative estimate of drug-likeness (QED) is 0.686. The molecule has 1 aliphatic rings. The van der Waals surface area contributed by atoms with E-state index in [-0.39, 0.29) is 16.6 Å². The van der Waals surface area contributed by atoms with Crippen LogP contribution in [0.4, 0.5) is 4.39 Å². The van der Waals surface area contributed by atoms with Gasteiger partial charge >= 0.3 is 0 Å². The summed E-state index contributed by atoms with van der Waals surface area (Å²) in [6, 6.07) is 8.70. The lowest BCUT2D eigenvalue weighted by Gasteiger charge is -2.49. The molecule has 0 spiro atoms. The highest BCUT2D eigenvalue weighted by atomic mass is 19.1. The molecule has 0 bridgehead atoms. The van der Waals surface area contributed by atoms with Crippen molar-refractivity contribution in [2.75, 3.05) is 0 Å². The molecule has 1 aromatic rings. The first-order valence-electron chi connectivity index (χ1n) is 5.15. The van der Waals surface area contributed by atoms with Gasteiger partial charge in [-0.05, 0) is 36.0 Å². The first-order valence-corrected chi connectivity index (χ1v) is 5.15. The summed E-state index contributed by atoms with van der Waals surface area (Å²) in [6.45, 7) is 4.32. The maximum Gasteiger partial charge on any atom is 0.123 e. The van der Waals surface area contributed by atoms with E-state index in [2.05, 4.69) is 19.9 Å². The second-order valence-electron chi connectivity index (χ2n) is 5.22. The highest BCUT2D eigenvalue weighted by molar-refractivity contribution is 5.37. The van der Waals surface area contributed by atoms with Crippen LogP contribution in [-0.4, -0.2) is 0 Å². The second-order valence-corrected chi connectivity index (χ2v) is 5.22. The third kappa shape index (κ3) is 1.63. The first kappa shape index (κ1) is 10.2. The highest BCUT2D eigenvalue weighted by Gasteiger charge is 2.50. The molecule has 15 heavy (non-hydrogen) atoms. The first-order chi connectivity index (χ1) is 6.97. The van der Waals surface area contributed by atoms with Crippen molar-refractivity contribution in [2.45, 2.75) is 32.1 Å². The molecule has 78 valence electrons. The number of halogens is 1. The van der Waals surface area contributed by atoms with Crippen LogP contribution < -0.4 is 0 Å². The number of rotatable bonds is 1. The summed E-state index contributed by atoms with van der Waals surface area (Å²) in [4.78, 5) is 0. The van der Waals surface area contributed by atoms with E-state index in [9.17, 15) is 9.65 Å². The largest absolute Gasteiger partial charge is 0.207 e. The van der Waals surface area contributed by atoms with Gasteiger partial charge in [-0.3, -0.25) is 0 Å². The van der Waals surface area contributed by atoms with Gasteiger partial charge in [-0.25, -0.2) is 4.39 Å². The molecule has 0 aromatic heterocycles. The van der Waals surface area contributed by atoms with E-state index in [0.717, 1.165) is 18.4 Å². The Morgan fingerprint density at radius 1 is 1.20 bits per heavy atom. The third-order valence-electron chi connectivity index (χ3n) is 3.17. The fourth-order valence-electron chi connectivity index (χ4n) is 2.70. The van der Waals surface area contributed by atoms with Gasteiger partial charge in [0.15, 0.2) is 0 Å². The molecule has 0 amide bonds. The fraction of sp³-hybridized carbons (Fsp3) is 0.462. The van der Waals surface area contributed by atoms with Crippen LogP contribution in [0, 0.1) is 22.6 Å². The Kier molecular flexibility index (Phi) is 2.08. The molecule has 0 heterocycles. The van der Waals surface area contributed by atoms with Gasteiger partial charge in [0, 0.05) is 0 Å². The van der Waals surface area contributed by atoms with Crippen LogP contribution in [0.15, 0.2) is 24.3 Å². The van der Waals surface area contributed by atoms with Crippen molar-refractivity contribution in [1.29, 1.82) is 5.26 Å². The van der Waals surface area contributed by atoms with E-state index in [4.69, 9.17) is 0 Å². The van der Waals surface area contributed by atoms with Crippen LogP contribution in [0.2, 0.25) is 0 Å². The van der Waals surface area contributed by atoms with Gasteiger partial charge in [-0.2, -0.15) is 5.26 Å². The molecule has 0 N–H and O–H groups in total. The molecule has 1 saturated carbocycles. The van der Waals surface area contributed by atoms with Crippen molar-refractivity contribution < 1.29 is 4.39 Å². The molecule has 2 rings (SSSR count). The molecule has 1 fully saturated rings. The summed E-state index contributed by atoms with van der Waals surface area (Å²) in [5.41, 5.74) is 0.812. The minimum atomic E-state index is -0.378. The number of hydrogen-bond acceptors (Lipinski definition) is 1. The van der Waals surface area contributed by atoms with Crippen molar-refractivity contribution >= 4 is 0 Å². The maximum atomic E-state index is 12.8. The zero-order chi connectivity index (χ0) is 11.1. The average Bonchev–Trinajstić information content (AvgIpc) is 2.14. The van der Waals surface area contributed by atoms with Crippen molar-refractivity contribution in [3.05, 3.63) is 35.6 Å². The van der Waals surface area contributed by atoms with E-state index in [1.54, 1.807) is 12.1 Å². The summed E-state index contributed by atoms with van der Waals surface area (Å²) in [5, 5.41) is 9.25. The smallest absolute Gasteiger partial charge is 0.123 e. The predicted octanol–water partition coefficient (Wildman–Crippen LogP) is 3.41. The zero-order valence-electron chi connectivity index (χ0n) is 9.05. The molecule has 0 unspecified atom stereocenters. The summed E-state index contributed by atoms with van der Waals surface area (Å²) >= 11 is 0. The molecule has 0 aliphatic heterocycles. The Morgan fingerprint density at radius 2 is 1.73 bits per heavy atom. The van der Waals surface area contributed by atoms with Crippen LogP contribution >= 0.6 is 0 Å². The van der Waals surface area contributed by atoms with E-state index in [1.165, 1.54) is 12.1 Å². The van der Waals surface area contributed by atoms with E-state index in [0.29, 0.717) is 0 Å². The minimum Gasteiger partial charge on any atom is -0.207 e. The Morgan fingerprint density at radius 3 is 2.13 bits per heavy atom. The zero-order valence-corrected chi connectivity index (χ0v) is 9.05. The summed E-state index contributed by atoms with van der Waals surface area (Å²) in [7, 11) is 0. The lowest BCUT2D eigenvalue weighted by Crippen LogP contribution is -2.45. The average molecular weight is 203 g/mol. The number of hydrogen-bond donors (Lipinski definition) is 0. The lowest BCUT2D eigenvalue weighted by atomic mass is 9.52. The van der Waals surface area contributed by atoms with E-state index < -0.39 is 0 Å². The van der Waals surface area contributed by atoms with Crippen molar-refractivity contribution in [1.82, 2.24) is 0 Å². The van der Waals surface area contributed by atoms with Gasteiger partial charge in [-0.1, -0.05) is 26.0 Å². The van der Waals surface area contributed by atoms with Crippen molar-refractivity contribution in [2.24, 2.45) is 5.41 Å². The van der Waals surface area contributed by atoms with Crippen LogP contribution in [-0.2, 0) is 5.41 Å². The predicted molar refractivity (Wildman–Crippen MR) is 56.7 cm³/mol. The Labute approximate surface area is 89.5 Å². The Balaban J connectivity index is 2.31. The molecule has 1 aliphatic carbocycles. The molecular formula is C13H14FN. The summed E-state index contributed by atoms with van der Waals surface area (Å²) in [5.74, 6) is -0.245. The van der Waals surface area contributed by atoms with Gasteiger partial charge in [0.25, 0.3) is 0 Å². The number of nitrogens with zero attached hydrogens (tertiary/aromatic N) is 1. The summed E-state index contributed by atoms with van der Waals surface area (Å²) in [6.07, 6.45) is 1.73. The fourth-order valence-corrected chi connectivity index (χ4v) is 2.70. The standard InChI is InChI=1S/C13H14FN/c1-12(2)7-13(8-12,9-15)10-3-5-11(14)6-4-10/h3-6H,7-8H2,1-2H3. The van der Waals surface area contributed by atoms with Crippen LogP contribution in [0.25, 0.3) is 0 Å². The molecule has 2 heteroatoms. The summed E-state index contributed by atoms with van der Waals surface area (Å²) < 4.78 is 12.8. The lowest BCUT2D eigenvalue weighted by molar-refractivity contribution is 0.0999. The molecule has 0 atom stereocenters. The number of benzene rings is 1. The van der Waals surface area contributed by atoms with Crippen LogP contribution in [0.5, 0.6) is 0 Å². The molecular weight excluding hydrogens is 189 g/mol. The van der Waals surface area contributed by atoms with E-state index >= 15 is 0 Å². The topological polar surface area (TPSA) is 23.8 Å². The SMILES string of the molecule is CC1(C)CC(C#N)(c2ccc(F)cc2)C1. The monoisotopic (exact) mass is 203 g/mol. The van der Waals surface area contributed by atoms with Gasteiger partial charge < -0.3 is 0 Å². The molecule has 0 radical (unpaired) electrons. The minimum absolute atomic E-state index is 0.240. The van der Waals surface area contributed by atoms with Crippen molar-refractivity contribution in [3.63, 3.8) is 0 Å². The normalized spacial score (nSPS) is 21.5. The van der Waals surface area contributed by atoms with Gasteiger partial charge in [0.2, 0.25) is 0 Å². The molecule has 1 nitrogen and oxygen atoms in total. The van der Waals surface area contributed by atoms with Crippen molar-refractivity contribution in [3.8, 4) is 6.07 Å². The number of nitriles is 1. The maximum absolute atomic E-state index is 12.8. The Hall–Kier alpha value is -1.36. The van der Waals surface area contributed by atoms with Crippen LogP contribution in [0.3, 0.4) is 0 Å². The van der Waals surface area contributed by atoms with Gasteiger partial charge in [0.1, 0.15) is 5.82 Å². The highest BCUT2D eigenvalue weighted by Crippen LogP contribution is 2.54. The molecule has 1 aromatic carbocycles. The van der Waals surface area contributed by atoms with Gasteiger partial charge in [-0.15, -0.1) is 0 Å². The van der Waals surface area contributed by atoms with Crippen LogP contribution in [0.1, 0.15) is 32.3 Å². The molecule has 0 saturated heterocycles. The van der Waals surface area contributed by atoms with Gasteiger partial charge in [0.05, 0.1) is 11.5 Å². The third-order valence-corrected chi connectivity index (χ3v) is 3.17.